The van der Waals surface area contributed by atoms with Crippen LogP contribution in [0.25, 0.3) is 22.4 Å². The van der Waals surface area contributed by atoms with Gasteiger partial charge in [-0.1, -0.05) is 35.5 Å². The maximum absolute atomic E-state index is 5.50. The third-order valence-corrected chi connectivity index (χ3v) is 4.51. The number of aromatic nitrogens is 2. The van der Waals surface area contributed by atoms with Gasteiger partial charge in [-0.25, -0.2) is 4.98 Å². The first-order valence-corrected chi connectivity index (χ1v) is 8.68. The number of morpholine rings is 1. The van der Waals surface area contributed by atoms with Crippen LogP contribution in [0.2, 0.25) is 0 Å². The molecule has 1 saturated heterocycles. The molecule has 3 heterocycles. The Morgan fingerprint density at radius 2 is 1.96 bits per heavy atom. The van der Waals surface area contributed by atoms with Crippen LogP contribution in [0.15, 0.2) is 40.9 Å². The summed E-state index contributed by atoms with van der Waals surface area (Å²) in [5, 5.41) is 7.59. The molecule has 25 heavy (non-hydrogen) atoms. The van der Waals surface area contributed by atoms with Crippen LogP contribution in [-0.2, 0) is 4.74 Å². The van der Waals surface area contributed by atoms with E-state index in [9.17, 15) is 0 Å². The minimum absolute atomic E-state index is 0.721. The Balaban J connectivity index is 1.58. The second-order valence-electron chi connectivity index (χ2n) is 6.25. The predicted molar refractivity (Wildman–Crippen MR) is 97.7 cm³/mol. The zero-order chi connectivity index (χ0) is 17.1. The molecular formula is C19H22N4O2. The smallest absolute Gasteiger partial charge is 0.208 e. The van der Waals surface area contributed by atoms with Crippen LogP contribution in [0.1, 0.15) is 5.69 Å². The molecule has 0 amide bonds. The molecule has 0 bridgehead atoms. The molecular weight excluding hydrogens is 316 g/mol. The van der Waals surface area contributed by atoms with Gasteiger partial charge in [0.05, 0.1) is 24.6 Å². The lowest BCUT2D eigenvalue weighted by atomic mass is 10.1. The largest absolute Gasteiger partial charge is 0.381 e. The minimum Gasteiger partial charge on any atom is -0.381 e. The highest BCUT2D eigenvalue weighted by Gasteiger charge is 2.15. The monoisotopic (exact) mass is 338 g/mol. The highest BCUT2D eigenvalue weighted by atomic mass is 16.5. The highest BCUT2D eigenvalue weighted by molar-refractivity contribution is 5.90. The maximum Gasteiger partial charge on any atom is 0.208 e. The van der Waals surface area contributed by atoms with E-state index in [0.29, 0.717) is 0 Å². The molecule has 1 aliphatic rings. The van der Waals surface area contributed by atoms with Crippen molar-refractivity contribution in [1.82, 2.24) is 15.0 Å². The maximum atomic E-state index is 5.50. The SMILES string of the molecule is Cc1noc2c(NCCN3CCOCC3)cc(-c3ccccc3)nc12. The molecule has 1 aromatic carbocycles. The van der Waals surface area contributed by atoms with Gasteiger partial charge in [-0.2, -0.15) is 0 Å². The number of pyridine rings is 1. The van der Waals surface area contributed by atoms with E-state index in [4.69, 9.17) is 14.2 Å². The van der Waals surface area contributed by atoms with Crippen molar-refractivity contribution in [3.05, 3.63) is 42.1 Å². The van der Waals surface area contributed by atoms with E-state index < -0.39 is 0 Å². The molecule has 0 aliphatic carbocycles. The summed E-state index contributed by atoms with van der Waals surface area (Å²) < 4.78 is 10.9. The Hall–Kier alpha value is -2.44. The van der Waals surface area contributed by atoms with Gasteiger partial charge in [0.2, 0.25) is 5.58 Å². The lowest BCUT2D eigenvalue weighted by Crippen LogP contribution is -2.39. The van der Waals surface area contributed by atoms with E-state index in [1.807, 2.05) is 31.2 Å². The zero-order valence-electron chi connectivity index (χ0n) is 14.4. The first kappa shape index (κ1) is 16.1. The fraction of sp³-hybridized carbons (Fsp3) is 0.368. The predicted octanol–water partition coefficient (Wildman–Crippen LogP) is 2.94. The van der Waals surface area contributed by atoms with Crippen LogP contribution < -0.4 is 5.32 Å². The number of nitrogens with one attached hydrogen (secondary N) is 1. The standard InChI is InChI=1S/C19H22N4O2/c1-14-18-19(25-22-14)17(20-7-8-23-9-11-24-12-10-23)13-16(21-18)15-5-3-2-4-6-15/h2-6,13H,7-12H2,1H3,(H,20,21). The Morgan fingerprint density at radius 1 is 1.16 bits per heavy atom. The van der Waals surface area contributed by atoms with Crippen LogP contribution in [0.4, 0.5) is 5.69 Å². The highest BCUT2D eigenvalue weighted by Crippen LogP contribution is 2.29. The number of aryl methyl sites for hydroxylation is 1. The van der Waals surface area contributed by atoms with Crippen molar-refractivity contribution in [3.63, 3.8) is 0 Å². The summed E-state index contributed by atoms with van der Waals surface area (Å²) >= 11 is 0. The number of fused-ring (bicyclic) bond motifs is 1. The van der Waals surface area contributed by atoms with Gasteiger partial charge in [0.15, 0.2) is 0 Å². The average Bonchev–Trinajstić information content (AvgIpc) is 3.04. The van der Waals surface area contributed by atoms with Crippen molar-refractivity contribution in [2.75, 3.05) is 44.7 Å². The first-order valence-electron chi connectivity index (χ1n) is 8.68. The van der Waals surface area contributed by atoms with Gasteiger partial charge >= 0.3 is 0 Å². The summed E-state index contributed by atoms with van der Waals surface area (Å²) in [6, 6.07) is 12.2. The Kier molecular flexibility index (Phi) is 4.63. The molecule has 130 valence electrons. The number of hydrogen-bond acceptors (Lipinski definition) is 6. The lowest BCUT2D eigenvalue weighted by Gasteiger charge is -2.26. The van der Waals surface area contributed by atoms with Crippen LogP contribution in [0.3, 0.4) is 0 Å². The van der Waals surface area contributed by atoms with Crippen LogP contribution in [-0.4, -0.2) is 54.4 Å². The first-order chi connectivity index (χ1) is 12.3. The van der Waals surface area contributed by atoms with E-state index in [1.165, 1.54) is 0 Å². The number of ether oxygens (including phenoxy) is 1. The summed E-state index contributed by atoms with van der Waals surface area (Å²) in [7, 11) is 0. The van der Waals surface area contributed by atoms with Crippen molar-refractivity contribution >= 4 is 16.8 Å². The summed E-state index contributed by atoms with van der Waals surface area (Å²) in [6.45, 7) is 7.35. The number of benzene rings is 1. The summed E-state index contributed by atoms with van der Waals surface area (Å²) in [5.41, 5.74) is 5.30. The van der Waals surface area contributed by atoms with E-state index in [-0.39, 0.29) is 0 Å². The minimum atomic E-state index is 0.721. The van der Waals surface area contributed by atoms with Crippen molar-refractivity contribution in [2.24, 2.45) is 0 Å². The summed E-state index contributed by atoms with van der Waals surface area (Å²) in [6.07, 6.45) is 0. The molecule has 1 aliphatic heterocycles. The molecule has 1 fully saturated rings. The molecule has 2 aromatic heterocycles. The third kappa shape index (κ3) is 3.50. The van der Waals surface area contributed by atoms with Crippen molar-refractivity contribution in [3.8, 4) is 11.3 Å². The molecule has 4 rings (SSSR count). The quantitative estimate of drug-likeness (QED) is 0.772. The van der Waals surface area contributed by atoms with E-state index in [0.717, 1.165) is 73.1 Å². The normalized spacial score (nSPS) is 15.6. The van der Waals surface area contributed by atoms with Gasteiger partial charge in [0.1, 0.15) is 11.2 Å². The molecule has 6 nitrogen and oxygen atoms in total. The molecule has 0 atom stereocenters. The Labute approximate surface area is 146 Å². The van der Waals surface area contributed by atoms with Crippen LogP contribution in [0, 0.1) is 6.92 Å². The van der Waals surface area contributed by atoms with Gasteiger partial charge in [-0.15, -0.1) is 0 Å². The van der Waals surface area contributed by atoms with Crippen molar-refractivity contribution in [1.29, 1.82) is 0 Å². The number of anilines is 1. The molecule has 1 N–H and O–H groups in total. The van der Waals surface area contributed by atoms with Crippen molar-refractivity contribution in [2.45, 2.75) is 6.92 Å². The molecule has 0 radical (unpaired) electrons. The van der Waals surface area contributed by atoms with E-state index >= 15 is 0 Å². The Morgan fingerprint density at radius 3 is 2.76 bits per heavy atom. The fourth-order valence-electron chi connectivity index (χ4n) is 3.09. The van der Waals surface area contributed by atoms with Gasteiger partial charge < -0.3 is 14.6 Å². The molecule has 0 spiro atoms. The topological polar surface area (TPSA) is 63.4 Å². The van der Waals surface area contributed by atoms with E-state index in [2.05, 4.69) is 27.5 Å². The van der Waals surface area contributed by atoms with E-state index in [1.54, 1.807) is 0 Å². The summed E-state index contributed by atoms with van der Waals surface area (Å²) in [5.74, 6) is 0. The second kappa shape index (κ2) is 7.21. The summed E-state index contributed by atoms with van der Waals surface area (Å²) in [4.78, 5) is 7.14. The lowest BCUT2D eigenvalue weighted by molar-refractivity contribution is 0.0398. The van der Waals surface area contributed by atoms with Gasteiger partial charge in [0.25, 0.3) is 0 Å². The van der Waals surface area contributed by atoms with Gasteiger partial charge in [-0.3, -0.25) is 4.90 Å². The molecule has 0 saturated carbocycles. The molecule has 6 heteroatoms. The zero-order valence-corrected chi connectivity index (χ0v) is 14.4. The fourth-order valence-corrected chi connectivity index (χ4v) is 3.09. The Bertz CT molecular complexity index is 841. The van der Waals surface area contributed by atoms with Crippen molar-refractivity contribution < 1.29 is 9.26 Å². The number of hydrogen-bond donors (Lipinski definition) is 1. The third-order valence-electron chi connectivity index (χ3n) is 4.51. The second-order valence-corrected chi connectivity index (χ2v) is 6.25. The van der Waals surface area contributed by atoms with Gasteiger partial charge in [0, 0.05) is 31.7 Å². The van der Waals surface area contributed by atoms with Crippen LogP contribution >= 0.6 is 0 Å². The van der Waals surface area contributed by atoms with Crippen LogP contribution in [0.5, 0.6) is 0 Å². The molecule has 3 aromatic rings. The molecule has 0 unspecified atom stereocenters. The number of nitrogens with zero attached hydrogens (tertiary/aromatic N) is 3. The number of rotatable bonds is 5. The average molecular weight is 338 g/mol. The van der Waals surface area contributed by atoms with Gasteiger partial charge in [-0.05, 0) is 13.0 Å².